The number of rotatable bonds is 9. The van der Waals surface area contributed by atoms with E-state index in [-0.39, 0.29) is 24.0 Å². The van der Waals surface area contributed by atoms with Crippen LogP contribution in [0.4, 0.5) is 0 Å². The third-order valence-electron chi connectivity index (χ3n) is 3.38. The number of halogens is 1. The molecule has 5 heteroatoms. The summed E-state index contributed by atoms with van der Waals surface area (Å²) in [5.74, 6) is 0.859. The van der Waals surface area contributed by atoms with E-state index in [2.05, 4.69) is 46.8 Å². The number of nitrogens with zero attached hydrogens (tertiary/aromatic N) is 1. The molecule has 0 radical (unpaired) electrons. The Bertz CT molecular complexity index is 424. The lowest BCUT2D eigenvalue weighted by Gasteiger charge is -2.13. The van der Waals surface area contributed by atoms with Crippen molar-refractivity contribution in [1.29, 1.82) is 0 Å². The molecule has 0 aliphatic heterocycles. The van der Waals surface area contributed by atoms with Gasteiger partial charge in [0.1, 0.15) is 0 Å². The van der Waals surface area contributed by atoms with Crippen LogP contribution in [-0.4, -0.2) is 32.8 Å². The average molecular weight is 419 g/mol. The lowest BCUT2D eigenvalue weighted by Crippen LogP contribution is -2.37. The lowest BCUT2D eigenvalue weighted by molar-refractivity contribution is 0.143. The van der Waals surface area contributed by atoms with Crippen molar-refractivity contribution in [1.82, 2.24) is 10.6 Å². The van der Waals surface area contributed by atoms with Crippen LogP contribution in [0.25, 0.3) is 0 Å². The highest BCUT2D eigenvalue weighted by molar-refractivity contribution is 14.0. The second-order valence-electron chi connectivity index (χ2n) is 4.88. The molecule has 0 unspecified atom stereocenters. The van der Waals surface area contributed by atoms with E-state index in [1.165, 1.54) is 11.1 Å². The van der Waals surface area contributed by atoms with Gasteiger partial charge in [-0.05, 0) is 37.3 Å². The number of guanidine groups is 1. The van der Waals surface area contributed by atoms with E-state index in [0.717, 1.165) is 51.5 Å². The minimum absolute atomic E-state index is 0. The number of unbranched alkanes of at least 4 members (excludes halogenated alkanes) is 1. The van der Waals surface area contributed by atoms with Crippen LogP contribution in [0.2, 0.25) is 0 Å². The van der Waals surface area contributed by atoms with Crippen molar-refractivity contribution in [3.05, 3.63) is 35.4 Å². The topological polar surface area (TPSA) is 45.6 Å². The zero-order valence-electron chi connectivity index (χ0n) is 14.0. The first-order valence-electron chi connectivity index (χ1n) is 7.90. The van der Waals surface area contributed by atoms with Crippen LogP contribution in [0.1, 0.15) is 37.8 Å². The Morgan fingerprint density at radius 3 is 2.45 bits per heavy atom. The second kappa shape index (κ2) is 13.8. The maximum Gasteiger partial charge on any atom is 0.191 e. The smallest absolute Gasteiger partial charge is 0.191 e. The first-order chi connectivity index (χ1) is 10.3. The Labute approximate surface area is 152 Å². The van der Waals surface area contributed by atoms with E-state index in [9.17, 15) is 0 Å². The lowest BCUT2D eigenvalue weighted by atomic mass is 10.1. The molecular formula is C17H30IN3O. The van der Waals surface area contributed by atoms with Gasteiger partial charge in [0.05, 0.1) is 0 Å². The Hall–Kier alpha value is -0.820. The second-order valence-corrected chi connectivity index (χ2v) is 4.88. The molecule has 22 heavy (non-hydrogen) atoms. The molecular weight excluding hydrogens is 389 g/mol. The normalized spacial score (nSPS) is 11.0. The highest BCUT2D eigenvalue weighted by Gasteiger charge is 2.01. The van der Waals surface area contributed by atoms with Crippen LogP contribution in [0.3, 0.4) is 0 Å². The molecule has 0 heterocycles. The van der Waals surface area contributed by atoms with Gasteiger partial charge >= 0.3 is 0 Å². The summed E-state index contributed by atoms with van der Waals surface area (Å²) in [5, 5.41) is 6.71. The van der Waals surface area contributed by atoms with Crippen molar-refractivity contribution in [2.45, 2.75) is 39.7 Å². The summed E-state index contributed by atoms with van der Waals surface area (Å²) in [6.45, 7) is 7.58. The van der Waals surface area contributed by atoms with Crippen LogP contribution < -0.4 is 10.6 Å². The maximum absolute atomic E-state index is 5.32. The Balaban J connectivity index is 0.00000441. The predicted octanol–water partition coefficient (Wildman–Crippen LogP) is 3.35. The number of hydrogen-bond acceptors (Lipinski definition) is 2. The number of aryl methyl sites for hydroxylation is 1. The van der Waals surface area contributed by atoms with Crippen molar-refractivity contribution < 1.29 is 4.74 Å². The van der Waals surface area contributed by atoms with Gasteiger partial charge in [-0.3, -0.25) is 4.99 Å². The standard InChI is InChI=1S/C17H29N3O.HI/c1-4-15-10-6-7-11-16(15)14-20-17(18-3)19-12-8-9-13-21-5-2;/h6-7,10-11H,4-5,8-9,12-14H2,1-3H3,(H2,18,19,20);1H. The molecule has 4 nitrogen and oxygen atoms in total. The average Bonchev–Trinajstić information content (AvgIpc) is 2.53. The summed E-state index contributed by atoms with van der Waals surface area (Å²) in [5.41, 5.74) is 2.72. The van der Waals surface area contributed by atoms with Gasteiger partial charge in [0.25, 0.3) is 0 Å². The number of hydrogen-bond donors (Lipinski definition) is 2. The Kier molecular flexibility index (Phi) is 13.3. The molecule has 0 saturated carbocycles. The van der Waals surface area contributed by atoms with Gasteiger partial charge in [0, 0.05) is 33.4 Å². The number of benzene rings is 1. The molecule has 0 bridgehead atoms. The molecule has 0 aliphatic carbocycles. The molecule has 1 rings (SSSR count). The number of nitrogens with one attached hydrogen (secondary N) is 2. The van der Waals surface area contributed by atoms with Crippen molar-refractivity contribution in [2.24, 2.45) is 4.99 Å². The molecule has 0 aliphatic rings. The quantitative estimate of drug-likeness (QED) is 0.279. The third kappa shape index (κ3) is 8.58. The fourth-order valence-electron chi connectivity index (χ4n) is 2.15. The third-order valence-corrected chi connectivity index (χ3v) is 3.38. The Morgan fingerprint density at radius 2 is 1.82 bits per heavy atom. The fraction of sp³-hybridized carbons (Fsp3) is 0.588. The number of aliphatic imine (C=N–C) groups is 1. The van der Waals surface area contributed by atoms with Gasteiger partial charge in [-0.15, -0.1) is 24.0 Å². The highest BCUT2D eigenvalue weighted by Crippen LogP contribution is 2.08. The first kappa shape index (κ1) is 21.2. The van der Waals surface area contributed by atoms with Crippen molar-refractivity contribution in [3.63, 3.8) is 0 Å². The van der Waals surface area contributed by atoms with E-state index < -0.39 is 0 Å². The van der Waals surface area contributed by atoms with Gasteiger partial charge in [-0.25, -0.2) is 0 Å². The van der Waals surface area contributed by atoms with E-state index in [1.807, 2.05) is 6.92 Å². The molecule has 0 saturated heterocycles. The zero-order chi connectivity index (χ0) is 15.3. The van der Waals surface area contributed by atoms with Gasteiger partial charge in [-0.2, -0.15) is 0 Å². The molecule has 0 amide bonds. The SMILES string of the molecule is CCOCCCCNC(=NC)NCc1ccccc1CC.I. The summed E-state index contributed by atoms with van der Waals surface area (Å²) < 4.78 is 5.32. The maximum atomic E-state index is 5.32. The van der Waals surface area contributed by atoms with Crippen LogP contribution in [0.15, 0.2) is 29.3 Å². The van der Waals surface area contributed by atoms with Crippen LogP contribution >= 0.6 is 24.0 Å². The minimum Gasteiger partial charge on any atom is -0.382 e. The zero-order valence-corrected chi connectivity index (χ0v) is 16.4. The van der Waals surface area contributed by atoms with E-state index >= 15 is 0 Å². The van der Waals surface area contributed by atoms with Gasteiger partial charge < -0.3 is 15.4 Å². The minimum atomic E-state index is 0. The summed E-state index contributed by atoms with van der Waals surface area (Å²) in [7, 11) is 1.81. The molecule has 2 N–H and O–H groups in total. The predicted molar refractivity (Wildman–Crippen MR) is 105 cm³/mol. The fourth-order valence-corrected chi connectivity index (χ4v) is 2.15. The molecule has 1 aromatic carbocycles. The van der Waals surface area contributed by atoms with Crippen LogP contribution in [0, 0.1) is 0 Å². The first-order valence-corrected chi connectivity index (χ1v) is 7.90. The molecule has 1 aromatic rings. The van der Waals surface area contributed by atoms with Crippen LogP contribution in [-0.2, 0) is 17.7 Å². The van der Waals surface area contributed by atoms with Crippen molar-refractivity contribution >= 4 is 29.9 Å². The van der Waals surface area contributed by atoms with Crippen LogP contribution in [0.5, 0.6) is 0 Å². The summed E-state index contributed by atoms with van der Waals surface area (Å²) in [6, 6.07) is 8.52. The largest absolute Gasteiger partial charge is 0.382 e. The van der Waals surface area contributed by atoms with E-state index in [4.69, 9.17) is 4.74 Å². The Morgan fingerprint density at radius 1 is 1.09 bits per heavy atom. The highest BCUT2D eigenvalue weighted by atomic mass is 127. The summed E-state index contributed by atoms with van der Waals surface area (Å²) in [6.07, 6.45) is 3.23. The number of ether oxygens (including phenoxy) is 1. The summed E-state index contributed by atoms with van der Waals surface area (Å²) in [4.78, 5) is 4.26. The summed E-state index contributed by atoms with van der Waals surface area (Å²) >= 11 is 0. The monoisotopic (exact) mass is 419 g/mol. The van der Waals surface area contributed by atoms with Gasteiger partial charge in [0.2, 0.25) is 0 Å². The van der Waals surface area contributed by atoms with Crippen molar-refractivity contribution in [3.8, 4) is 0 Å². The van der Waals surface area contributed by atoms with E-state index in [0.29, 0.717) is 0 Å². The molecule has 126 valence electrons. The molecule has 0 spiro atoms. The van der Waals surface area contributed by atoms with Gasteiger partial charge in [0.15, 0.2) is 5.96 Å². The molecule has 0 atom stereocenters. The van der Waals surface area contributed by atoms with Gasteiger partial charge in [-0.1, -0.05) is 31.2 Å². The molecule has 0 aromatic heterocycles. The van der Waals surface area contributed by atoms with Crippen molar-refractivity contribution in [2.75, 3.05) is 26.8 Å². The molecule has 0 fully saturated rings. The van der Waals surface area contributed by atoms with E-state index in [1.54, 1.807) is 7.05 Å².